The fraction of sp³-hybridized carbons (Fsp3) is 0.846. The first-order valence-corrected chi connectivity index (χ1v) is 20.0. The van der Waals surface area contributed by atoms with Gasteiger partial charge in [0.1, 0.15) is 17.9 Å². The minimum Gasteiger partial charge on any atom is -0.394 e. The molecule has 14 heteroatoms. The van der Waals surface area contributed by atoms with Crippen molar-refractivity contribution < 1.29 is 44.2 Å². The Labute approximate surface area is 317 Å². The summed E-state index contributed by atoms with van der Waals surface area (Å²) in [7, 11) is 0. The zero-order valence-electron chi connectivity index (χ0n) is 33.5. The SMILES string of the molecule is CCCCC[C@@H](CC(C)=O)C(=O)N[C@H](C(=O)N1CCC[C@H]1CO)C(C)C.CCCCC[C@H](CC(=O)NO)C(=O)N[C@H](C(=O)N1CCC[C@H]1CO)C(C)C. The van der Waals surface area contributed by atoms with Crippen molar-refractivity contribution in [2.45, 2.75) is 163 Å². The Morgan fingerprint density at radius 3 is 1.38 bits per heavy atom. The van der Waals surface area contributed by atoms with Crippen molar-refractivity contribution in [1.29, 1.82) is 0 Å². The normalized spacial score (nSPS) is 19.2. The van der Waals surface area contributed by atoms with Gasteiger partial charge in [-0.25, -0.2) is 5.48 Å². The summed E-state index contributed by atoms with van der Waals surface area (Å²) in [6, 6.07) is -1.67. The topological polar surface area (TPSA) is 206 Å². The number of nitrogens with zero attached hydrogens (tertiary/aromatic N) is 2. The number of amides is 5. The van der Waals surface area contributed by atoms with E-state index in [4.69, 9.17) is 5.21 Å². The third-order valence-corrected chi connectivity index (χ3v) is 10.3. The van der Waals surface area contributed by atoms with Crippen LogP contribution in [0.25, 0.3) is 0 Å². The molecule has 2 heterocycles. The van der Waals surface area contributed by atoms with Gasteiger partial charge in [-0.3, -0.25) is 29.2 Å². The zero-order valence-corrected chi connectivity index (χ0v) is 33.5. The van der Waals surface area contributed by atoms with E-state index < -0.39 is 23.9 Å². The fourth-order valence-electron chi connectivity index (χ4n) is 7.11. The number of Topliss-reactive ketones (excluding diaryl/α,β-unsaturated/α-hetero) is 1. The van der Waals surface area contributed by atoms with E-state index in [-0.39, 0.29) is 85.3 Å². The number of carbonyl (C=O) groups excluding carboxylic acids is 6. The Bertz CT molecular complexity index is 1150. The predicted octanol–water partition coefficient (Wildman–Crippen LogP) is 3.49. The van der Waals surface area contributed by atoms with Crippen molar-refractivity contribution >= 4 is 35.3 Å². The lowest BCUT2D eigenvalue weighted by Crippen LogP contribution is -2.54. The Morgan fingerprint density at radius 1 is 0.660 bits per heavy atom. The molecule has 53 heavy (non-hydrogen) atoms. The molecule has 2 fully saturated rings. The van der Waals surface area contributed by atoms with Crippen LogP contribution in [0.3, 0.4) is 0 Å². The molecule has 0 aromatic carbocycles. The van der Waals surface area contributed by atoms with Crippen molar-refractivity contribution in [3.63, 3.8) is 0 Å². The lowest BCUT2D eigenvalue weighted by atomic mass is 9.93. The molecule has 0 spiro atoms. The van der Waals surface area contributed by atoms with Gasteiger partial charge in [0.05, 0.1) is 25.3 Å². The van der Waals surface area contributed by atoms with E-state index in [2.05, 4.69) is 24.5 Å². The summed E-state index contributed by atoms with van der Waals surface area (Å²) in [6.07, 6.45) is 10.3. The summed E-state index contributed by atoms with van der Waals surface area (Å²) in [5.74, 6) is -2.62. The van der Waals surface area contributed by atoms with Crippen molar-refractivity contribution in [3.05, 3.63) is 0 Å². The van der Waals surface area contributed by atoms with Crippen LogP contribution in [-0.2, 0) is 28.8 Å². The average Bonchev–Trinajstić information content (AvgIpc) is 3.81. The molecule has 0 aromatic heterocycles. The number of hydroxylamine groups is 1. The minimum atomic E-state index is -0.699. The summed E-state index contributed by atoms with van der Waals surface area (Å²) in [6.45, 7) is 14.3. The third-order valence-electron chi connectivity index (χ3n) is 10.3. The van der Waals surface area contributed by atoms with Gasteiger partial charge >= 0.3 is 0 Å². The van der Waals surface area contributed by atoms with Crippen LogP contribution < -0.4 is 16.1 Å². The Hall–Kier alpha value is -3.10. The van der Waals surface area contributed by atoms with E-state index in [1.54, 1.807) is 15.3 Å². The average molecular weight is 754 g/mol. The second-order valence-corrected chi connectivity index (χ2v) is 15.5. The van der Waals surface area contributed by atoms with E-state index in [1.807, 2.05) is 27.7 Å². The number of hydrogen-bond acceptors (Lipinski definition) is 9. The maximum absolute atomic E-state index is 12.9. The van der Waals surface area contributed by atoms with Crippen LogP contribution in [0, 0.1) is 23.7 Å². The Kier molecular flexibility index (Phi) is 23.4. The van der Waals surface area contributed by atoms with Gasteiger partial charge in [-0.2, -0.15) is 0 Å². The van der Waals surface area contributed by atoms with Gasteiger partial charge in [0, 0.05) is 37.8 Å². The third kappa shape index (κ3) is 16.4. The summed E-state index contributed by atoms with van der Waals surface area (Å²) < 4.78 is 0. The molecule has 0 unspecified atom stereocenters. The van der Waals surface area contributed by atoms with E-state index in [0.717, 1.165) is 64.2 Å². The highest BCUT2D eigenvalue weighted by Crippen LogP contribution is 2.23. The smallest absolute Gasteiger partial charge is 0.245 e. The van der Waals surface area contributed by atoms with Gasteiger partial charge < -0.3 is 35.4 Å². The van der Waals surface area contributed by atoms with Crippen LogP contribution in [0.5, 0.6) is 0 Å². The molecule has 2 rings (SSSR count). The largest absolute Gasteiger partial charge is 0.394 e. The first-order chi connectivity index (χ1) is 25.2. The molecular weight excluding hydrogens is 682 g/mol. The minimum absolute atomic E-state index is 0.00559. The van der Waals surface area contributed by atoms with Crippen LogP contribution in [0.1, 0.15) is 138 Å². The fourth-order valence-corrected chi connectivity index (χ4v) is 7.11. The van der Waals surface area contributed by atoms with Crippen molar-refractivity contribution in [2.24, 2.45) is 23.7 Å². The number of unbranched alkanes of at least 4 members (excludes halogenated alkanes) is 4. The summed E-state index contributed by atoms with van der Waals surface area (Å²) in [5.41, 5.74) is 1.58. The zero-order chi connectivity index (χ0) is 40.1. The molecule has 0 saturated carbocycles. The Morgan fingerprint density at radius 2 is 1.06 bits per heavy atom. The summed E-state index contributed by atoms with van der Waals surface area (Å²) >= 11 is 0. The predicted molar refractivity (Wildman–Crippen MR) is 202 cm³/mol. The van der Waals surface area contributed by atoms with Crippen molar-refractivity contribution in [2.75, 3.05) is 26.3 Å². The molecule has 2 aliphatic heterocycles. The highest BCUT2D eigenvalue weighted by Gasteiger charge is 2.37. The van der Waals surface area contributed by atoms with E-state index in [9.17, 15) is 39.0 Å². The number of likely N-dealkylation sites (tertiary alicyclic amines) is 2. The molecule has 6 N–H and O–H groups in total. The molecule has 5 amide bonds. The molecule has 0 radical (unpaired) electrons. The van der Waals surface area contributed by atoms with Gasteiger partial charge in [0.2, 0.25) is 29.5 Å². The summed E-state index contributed by atoms with van der Waals surface area (Å²) in [5, 5.41) is 33.5. The molecule has 14 nitrogen and oxygen atoms in total. The van der Waals surface area contributed by atoms with Gasteiger partial charge in [0.15, 0.2) is 0 Å². The van der Waals surface area contributed by atoms with Crippen LogP contribution >= 0.6 is 0 Å². The van der Waals surface area contributed by atoms with E-state index in [0.29, 0.717) is 25.9 Å². The first kappa shape index (κ1) is 47.9. The highest BCUT2D eigenvalue weighted by molar-refractivity contribution is 5.92. The molecular formula is C39H71N5O9. The van der Waals surface area contributed by atoms with Crippen LogP contribution in [0.4, 0.5) is 0 Å². The number of hydrogen-bond donors (Lipinski definition) is 6. The quantitative estimate of drug-likeness (QED) is 0.0543. The molecule has 306 valence electrons. The summed E-state index contributed by atoms with van der Waals surface area (Å²) in [4.78, 5) is 77.9. The second kappa shape index (κ2) is 25.8. The number of carbonyl (C=O) groups is 6. The number of nitrogens with one attached hydrogen (secondary N) is 3. The number of ketones is 1. The van der Waals surface area contributed by atoms with Gasteiger partial charge in [-0.15, -0.1) is 0 Å². The second-order valence-electron chi connectivity index (χ2n) is 15.5. The van der Waals surface area contributed by atoms with Crippen LogP contribution in [-0.4, -0.2) is 111 Å². The number of aliphatic hydroxyl groups is 2. The first-order valence-electron chi connectivity index (χ1n) is 20.0. The van der Waals surface area contributed by atoms with Gasteiger partial charge in [0.25, 0.3) is 0 Å². The number of rotatable bonds is 22. The maximum Gasteiger partial charge on any atom is 0.245 e. The maximum atomic E-state index is 12.9. The molecule has 6 atom stereocenters. The molecule has 0 bridgehead atoms. The van der Waals surface area contributed by atoms with Crippen molar-refractivity contribution in [1.82, 2.24) is 25.9 Å². The lowest BCUT2D eigenvalue weighted by molar-refractivity contribution is -0.141. The number of aliphatic hydroxyl groups excluding tert-OH is 2. The molecule has 0 aromatic rings. The molecule has 2 aliphatic rings. The molecule has 2 saturated heterocycles. The highest BCUT2D eigenvalue weighted by atomic mass is 16.5. The van der Waals surface area contributed by atoms with Gasteiger partial charge in [-0.1, -0.05) is 80.1 Å². The lowest BCUT2D eigenvalue weighted by Gasteiger charge is -2.31. The monoisotopic (exact) mass is 754 g/mol. The molecule has 0 aliphatic carbocycles. The van der Waals surface area contributed by atoms with Crippen LogP contribution in [0.2, 0.25) is 0 Å². The Balaban J connectivity index is 0.000000530. The van der Waals surface area contributed by atoms with Crippen molar-refractivity contribution in [3.8, 4) is 0 Å². The van der Waals surface area contributed by atoms with Gasteiger partial charge in [-0.05, 0) is 57.3 Å². The standard InChI is InChI=1S/C20H36N2O4.C19H35N3O5/c1-5-6-7-9-16(12-15(4)24)19(25)21-18(14(2)3)20(26)22-11-8-10-17(22)13-23;1-4-5-6-8-14(11-16(24)21-27)18(25)20-17(13(2)3)19(26)22-10-7-9-15(22)12-23/h14,16-18,23H,5-13H2,1-4H3,(H,21,25);13-15,17,23,27H,4-12H2,1-3H3,(H,20,25)(H,21,24)/t16-,17-,18-;14-,15+,17+/m01/s1. The van der Waals surface area contributed by atoms with E-state index in [1.165, 1.54) is 6.92 Å². The van der Waals surface area contributed by atoms with E-state index >= 15 is 0 Å². The van der Waals surface area contributed by atoms with Crippen LogP contribution in [0.15, 0.2) is 0 Å².